The van der Waals surface area contributed by atoms with Crippen molar-refractivity contribution in [2.75, 3.05) is 49.2 Å². The molecule has 1 aliphatic carbocycles. The fourth-order valence-electron chi connectivity index (χ4n) is 5.60. The second-order valence-corrected chi connectivity index (χ2v) is 9.93. The first kappa shape index (κ1) is 24.2. The van der Waals surface area contributed by atoms with Crippen molar-refractivity contribution in [3.63, 3.8) is 0 Å². The smallest absolute Gasteiger partial charge is 0.248 e. The number of nitrogens with zero attached hydrogens (tertiary/aromatic N) is 7. The highest BCUT2D eigenvalue weighted by Gasteiger charge is 2.25. The fourth-order valence-corrected chi connectivity index (χ4v) is 5.60. The lowest BCUT2D eigenvalue weighted by Gasteiger charge is -2.41. The molecule has 0 spiro atoms. The van der Waals surface area contributed by atoms with Gasteiger partial charge < -0.3 is 25.8 Å². The van der Waals surface area contributed by atoms with E-state index in [1.807, 2.05) is 12.1 Å². The van der Waals surface area contributed by atoms with Crippen LogP contribution < -0.4 is 20.7 Å². The maximum Gasteiger partial charge on any atom is 0.248 e. The maximum atomic E-state index is 10.1. The molecule has 1 aliphatic heterocycles. The van der Waals surface area contributed by atoms with Crippen LogP contribution in [0.3, 0.4) is 0 Å². The van der Waals surface area contributed by atoms with E-state index >= 15 is 0 Å². The normalized spacial score (nSPS) is 17.1. The zero-order valence-corrected chi connectivity index (χ0v) is 21.5. The molecular weight excluding hydrogens is 482 g/mol. The molecule has 1 saturated heterocycles. The number of phenolic OH excluding ortho intramolecular Hbond substituents is 1. The summed E-state index contributed by atoms with van der Waals surface area (Å²) >= 11 is 0. The SMILES string of the molecule is COc1cc2c(-n3nc(Nc4ccc(N5CCN(C6CCCCC6)CC5)cc4)nc3N)ncnc2cc1O. The summed E-state index contributed by atoms with van der Waals surface area (Å²) in [4.78, 5) is 18.1. The second-order valence-electron chi connectivity index (χ2n) is 9.93. The van der Waals surface area contributed by atoms with Crippen LogP contribution in [-0.2, 0) is 0 Å². The summed E-state index contributed by atoms with van der Waals surface area (Å²) in [5.74, 6) is 1.27. The Labute approximate surface area is 221 Å². The minimum atomic E-state index is -0.00637. The Kier molecular flexibility index (Phi) is 6.59. The third-order valence-corrected chi connectivity index (χ3v) is 7.64. The van der Waals surface area contributed by atoms with E-state index in [2.05, 4.69) is 47.3 Å². The number of methoxy groups -OCH3 is 1. The average Bonchev–Trinajstić information content (AvgIpc) is 3.32. The molecule has 0 atom stereocenters. The number of ether oxygens (including phenoxy) is 1. The van der Waals surface area contributed by atoms with E-state index in [0.29, 0.717) is 28.4 Å². The topological polar surface area (TPSA) is 130 Å². The second kappa shape index (κ2) is 10.3. The van der Waals surface area contributed by atoms with Crippen LogP contribution in [0.4, 0.5) is 23.3 Å². The van der Waals surface area contributed by atoms with Gasteiger partial charge in [0, 0.05) is 55.0 Å². The number of hydrogen-bond donors (Lipinski definition) is 3. The summed E-state index contributed by atoms with van der Waals surface area (Å²) in [5.41, 5.74) is 8.83. The van der Waals surface area contributed by atoms with E-state index in [0.717, 1.165) is 37.9 Å². The molecule has 0 unspecified atom stereocenters. The number of nitrogen functional groups attached to an aromatic ring is 1. The number of phenols is 1. The summed E-state index contributed by atoms with van der Waals surface area (Å²) in [6.45, 7) is 4.38. The van der Waals surface area contributed by atoms with Crippen molar-refractivity contribution >= 4 is 34.2 Å². The third kappa shape index (κ3) is 4.76. The Balaban J connectivity index is 1.15. The van der Waals surface area contributed by atoms with E-state index in [1.165, 1.54) is 62.0 Å². The summed E-state index contributed by atoms with van der Waals surface area (Å²) in [7, 11) is 1.49. The van der Waals surface area contributed by atoms with Gasteiger partial charge in [-0.25, -0.2) is 9.97 Å². The van der Waals surface area contributed by atoms with Crippen molar-refractivity contribution in [2.45, 2.75) is 38.1 Å². The zero-order chi connectivity index (χ0) is 26.1. The quantitative estimate of drug-likeness (QED) is 0.349. The molecule has 2 fully saturated rings. The molecule has 38 heavy (non-hydrogen) atoms. The Morgan fingerprint density at radius 3 is 2.50 bits per heavy atom. The van der Waals surface area contributed by atoms with E-state index in [4.69, 9.17) is 10.5 Å². The third-order valence-electron chi connectivity index (χ3n) is 7.64. The lowest BCUT2D eigenvalue weighted by atomic mass is 9.94. The molecule has 1 saturated carbocycles. The van der Waals surface area contributed by atoms with Crippen molar-refractivity contribution in [3.8, 4) is 17.3 Å². The first-order chi connectivity index (χ1) is 18.6. The molecule has 4 aromatic rings. The number of nitrogens with one attached hydrogen (secondary N) is 1. The van der Waals surface area contributed by atoms with Crippen LogP contribution in [0, 0.1) is 0 Å². The van der Waals surface area contributed by atoms with Gasteiger partial charge in [-0.15, -0.1) is 5.10 Å². The summed E-state index contributed by atoms with van der Waals surface area (Å²) < 4.78 is 6.69. The van der Waals surface area contributed by atoms with Crippen LogP contribution in [0.5, 0.6) is 11.5 Å². The molecule has 11 nitrogen and oxygen atoms in total. The highest BCUT2D eigenvalue weighted by Crippen LogP contribution is 2.33. The number of piperazine rings is 1. The van der Waals surface area contributed by atoms with E-state index in [-0.39, 0.29) is 11.7 Å². The standard InChI is InChI=1S/C27H33N9O2/c1-38-24-15-21-22(16-23(24)37)29-17-30-25(21)36-26(28)32-27(33-36)31-18-7-9-20(10-8-18)35-13-11-34(12-14-35)19-5-3-2-4-6-19/h7-10,15-17,19,37H,2-6,11-14H2,1H3,(H3,28,31,32,33). The molecule has 2 aromatic heterocycles. The molecule has 11 heteroatoms. The summed E-state index contributed by atoms with van der Waals surface area (Å²) in [6, 6.07) is 12.3. The number of aromatic nitrogens is 5. The van der Waals surface area contributed by atoms with Gasteiger partial charge in [0.1, 0.15) is 6.33 Å². The van der Waals surface area contributed by atoms with Gasteiger partial charge in [0.2, 0.25) is 11.9 Å². The van der Waals surface area contributed by atoms with Crippen molar-refractivity contribution in [3.05, 3.63) is 42.7 Å². The number of fused-ring (bicyclic) bond motifs is 1. The minimum Gasteiger partial charge on any atom is -0.504 e. The van der Waals surface area contributed by atoms with Crippen molar-refractivity contribution < 1.29 is 9.84 Å². The van der Waals surface area contributed by atoms with Crippen LogP contribution >= 0.6 is 0 Å². The predicted molar refractivity (Wildman–Crippen MR) is 147 cm³/mol. The maximum absolute atomic E-state index is 10.1. The lowest BCUT2D eigenvalue weighted by Crippen LogP contribution is -2.50. The molecule has 2 aliphatic rings. The van der Waals surface area contributed by atoms with E-state index in [1.54, 1.807) is 6.07 Å². The monoisotopic (exact) mass is 515 g/mol. The molecular formula is C27H33N9O2. The van der Waals surface area contributed by atoms with Crippen LogP contribution in [0.15, 0.2) is 42.7 Å². The van der Waals surface area contributed by atoms with Crippen molar-refractivity contribution in [1.29, 1.82) is 0 Å². The Morgan fingerprint density at radius 2 is 1.76 bits per heavy atom. The molecule has 4 N–H and O–H groups in total. The van der Waals surface area contributed by atoms with Crippen molar-refractivity contribution in [1.82, 2.24) is 29.6 Å². The first-order valence-corrected chi connectivity index (χ1v) is 13.2. The molecule has 2 aromatic carbocycles. The van der Waals surface area contributed by atoms with Gasteiger partial charge in [-0.2, -0.15) is 9.67 Å². The summed E-state index contributed by atoms with van der Waals surface area (Å²) in [6.07, 6.45) is 8.28. The van der Waals surface area contributed by atoms with Crippen LogP contribution in [0.25, 0.3) is 16.7 Å². The van der Waals surface area contributed by atoms with Crippen LogP contribution in [-0.4, -0.2) is 74.1 Å². The van der Waals surface area contributed by atoms with Gasteiger partial charge in [-0.1, -0.05) is 19.3 Å². The molecule has 198 valence electrons. The van der Waals surface area contributed by atoms with Gasteiger partial charge in [0.25, 0.3) is 0 Å². The largest absolute Gasteiger partial charge is 0.504 e. The highest BCUT2D eigenvalue weighted by atomic mass is 16.5. The van der Waals surface area contributed by atoms with Gasteiger partial charge in [-0.05, 0) is 43.2 Å². The van der Waals surface area contributed by atoms with Gasteiger partial charge in [0.15, 0.2) is 17.3 Å². The van der Waals surface area contributed by atoms with Gasteiger partial charge in [-0.3, -0.25) is 4.90 Å². The lowest BCUT2D eigenvalue weighted by molar-refractivity contribution is 0.148. The molecule has 0 radical (unpaired) electrons. The van der Waals surface area contributed by atoms with E-state index in [9.17, 15) is 5.11 Å². The molecule has 6 rings (SSSR count). The van der Waals surface area contributed by atoms with E-state index < -0.39 is 0 Å². The highest BCUT2D eigenvalue weighted by molar-refractivity contribution is 5.88. The molecule has 3 heterocycles. The number of benzene rings is 2. The average molecular weight is 516 g/mol. The number of aromatic hydroxyl groups is 1. The van der Waals surface area contributed by atoms with Gasteiger partial charge in [0.05, 0.1) is 12.6 Å². The van der Waals surface area contributed by atoms with Gasteiger partial charge >= 0.3 is 0 Å². The van der Waals surface area contributed by atoms with Crippen LogP contribution in [0.1, 0.15) is 32.1 Å². The first-order valence-electron chi connectivity index (χ1n) is 13.2. The van der Waals surface area contributed by atoms with Crippen LogP contribution in [0.2, 0.25) is 0 Å². The number of rotatable bonds is 6. The number of anilines is 4. The fraction of sp³-hybridized carbons (Fsp3) is 0.407. The summed E-state index contributed by atoms with van der Waals surface area (Å²) in [5, 5.41) is 18.5. The Bertz CT molecular complexity index is 1410. The number of nitrogens with two attached hydrogens (primary N) is 1. The Hall–Kier alpha value is -4.12. The Morgan fingerprint density at radius 1 is 1.00 bits per heavy atom. The minimum absolute atomic E-state index is 0.00637. The molecule has 0 amide bonds. The predicted octanol–water partition coefficient (Wildman–Crippen LogP) is 3.71. The zero-order valence-electron chi connectivity index (χ0n) is 21.5. The molecule has 0 bridgehead atoms. The number of hydrogen-bond acceptors (Lipinski definition) is 10. The van der Waals surface area contributed by atoms with Crippen molar-refractivity contribution in [2.24, 2.45) is 0 Å².